The van der Waals surface area contributed by atoms with Gasteiger partial charge in [0.2, 0.25) is 0 Å². The SMILES string of the molecule is Cc1cc(C)c(CNCC2CCN(C)CC2)c(C)c1. The number of nitrogens with one attached hydrogen (secondary N) is 1. The van der Waals surface area contributed by atoms with E-state index in [1.54, 1.807) is 0 Å². The summed E-state index contributed by atoms with van der Waals surface area (Å²) in [4.78, 5) is 2.44. The van der Waals surface area contributed by atoms with E-state index in [9.17, 15) is 0 Å². The first kappa shape index (κ1) is 14.5. The number of likely N-dealkylation sites (tertiary alicyclic amines) is 1. The predicted octanol–water partition coefficient (Wildman–Crippen LogP) is 3.04. The van der Waals surface area contributed by atoms with Gasteiger partial charge in [0.1, 0.15) is 0 Å². The fourth-order valence-corrected chi connectivity index (χ4v) is 3.16. The summed E-state index contributed by atoms with van der Waals surface area (Å²) in [7, 11) is 2.22. The Bertz CT molecular complexity index is 394. The predicted molar refractivity (Wildman–Crippen MR) is 82.6 cm³/mol. The molecule has 0 amide bonds. The van der Waals surface area contributed by atoms with Crippen LogP contribution in [0.25, 0.3) is 0 Å². The van der Waals surface area contributed by atoms with Gasteiger partial charge in [-0.2, -0.15) is 0 Å². The number of piperidine rings is 1. The second-order valence-electron chi connectivity index (χ2n) is 6.25. The van der Waals surface area contributed by atoms with Crippen LogP contribution < -0.4 is 5.32 Å². The van der Waals surface area contributed by atoms with Gasteiger partial charge in [-0.25, -0.2) is 0 Å². The van der Waals surface area contributed by atoms with Crippen molar-refractivity contribution in [1.82, 2.24) is 10.2 Å². The summed E-state index contributed by atoms with van der Waals surface area (Å²) in [5.74, 6) is 0.863. The van der Waals surface area contributed by atoms with Crippen LogP contribution in [0.3, 0.4) is 0 Å². The molecule has 1 aromatic carbocycles. The maximum Gasteiger partial charge on any atom is 0.0210 e. The van der Waals surface area contributed by atoms with Gasteiger partial charge < -0.3 is 10.2 Å². The summed E-state index contributed by atoms with van der Waals surface area (Å²) in [6.07, 6.45) is 2.69. The number of hydrogen-bond donors (Lipinski definition) is 1. The van der Waals surface area contributed by atoms with Crippen LogP contribution >= 0.6 is 0 Å². The van der Waals surface area contributed by atoms with Crippen molar-refractivity contribution in [2.45, 2.75) is 40.2 Å². The van der Waals surface area contributed by atoms with Gasteiger partial charge in [0.15, 0.2) is 0 Å². The Kier molecular flexibility index (Phi) is 5.00. The topological polar surface area (TPSA) is 15.3 Å². The lowest BCUT2D eigenvalue weighted by molar-refractivity contribution is 0.216. The van der Waals surface area contributed by atoms with E-state index in [2.05, 4.69) is 50.2 Å². The van der Waals surface area contributed by atoms with Crippen molar-refractivity contribution in [1.29, 1.82) is 0 Å². The van der Waals surface area contributed by atoms with E-state index in [0.29, 0.717) is 0 Å². The average Bonchev–Trinajstić information content (AvgIpc) is 2.34. The summed E-state index contributed by atoms with van der Waals surface area (Å²) in [6, 6.07) is 4.58. The fourth-order valence-electron chi connectivity index (χ4n) is 3.16. The Balaban J connectivity index is 1.83. The molecule has 2 rings (SSSR count). The lowest BCUT2D eigenvalue weighted by atomic mass is 9.96. The summed E-state index contributed by atoms with van der Waals surface area (Å²) in [5, 5.41) is 3.67. The van der Waals surface area contributed by atoms with E-state index < -0.39 is 0 Å². The molecule has 0 bridgehead atoms. The second-order valence-corrected chi connectivity index (χ2v) is 6.25. The monoisotopic (exact) mass is 260 g/mol. The zero-order valence-corrected chi connectivity index (χ0v) is 12.9. The first-order chi connectivity index (χ1) is 9.06. The molecule has 1 fully saturated rings. The van der Waals surface area contributed by atoms with Gasteiger partial charge in [-0.1, -0.05) is 17.7 Å². The van der Waals surface area contributed by atoms with E-state index in [1.807, 2.05) is 0 Å². The first-order valence-corrected chi connectivity index (χ1v) is 7.52. The third-order valence-electron chi connectivity index (χ3n) is 4.41. The maximum atomic E-state index is 3.67. The Labute approximate surface area is 118 Å². The van der Waals surface area contributed by atoms with Crippen molar-refractivity contribution in [3.05, 3.63) is 34.4 Å². The van der Waals surface area contributed by atoms with Gasteiger partial charge in [-0.05, 0) is 82.9 Å². The Morgan fingerprint density at radius 1 is 1.11 bits per heavy atom. The highest BCUT2D eigenvalue weighted by atomic mass is 15.1. The molecule has 19 heavy (non-hydrogen) atoms. The average molecular weight is 260 g/mol. The molecule has 0 aliphatic carbocycles. The van der Waals surface area contributed by atoms with Gasteiger partial charge >= 0.3 is 0 Å². The minimum absolute atomic E-state index is 0.863. The fraction of sp³-hybridized carbons (Fsp3) is 0.647. The van der Waals surface area contributed by atoms with Crippen LogP contribution in [0.1, 0.15) is 35.1 Å². The van der Waals surface area contributed by atoms with Crippen molar-refractivity contribution in [3.63, 3.8) is 0 Å². The molecule has 1 aliphatic rings. The summed E-state index contributed by atoms with van der Waals surface area (Å²) in [5.41, 5.74) is 5.70. The third kappa shape index (κ3) is 4.05. The van der Waals surface area contributed by atoms with Crippen LogP contribution in [0.5, 0.6) is 0 Å². The van der Waals surface area contributed by atoms with Crippen LogP contribution in [0, 0.1) is 26.7 Å². The molecule has 1 N–H and O–H groups in total. The molecule has 0 atom stereocenters. The molecule has 1 heterocycles. The molecule has 0 spiro atoms. The van der Waals surface area contributed by atoms with Gasteiger partial charge in [-0.3, -0.25) is 0 Å². The summed E-state index contributed by atoms with van der Waals surface area (Å²) < 4.78 is 0. The Morgan fingerprint density at radius 2 is 1.68 bits per heavy atom. The number of nitrogens with zero attached hydrogens (tertiary/aromatic N) is 1. The highest BCUT2D eigenvalue weighted by Gasteiger charge is 2.16. The minimum Gasteiger partial charge on any atom is -0.312 e. The van der Waals surface area contributed by atoms with Crippen molar-refractivity contribution in [2.24, 2.45) is 5.92 Å². The quantitative estimate of drug-likeness (QED) is 0.895. The molecule has 0 unspecified atom stereocenters. The van der Waals surface area contributed by atoms with Crippen LogP contribution in [-0.2, 0) is 6.54 Å². The molecule has 0 aromatic heterocycles. The second kappa shape index (κ2) is 6.53. The summed E-state index contributed by atoms with van der Waals surface area (Å²) in [6.45, 7) is 11.3. The molecule has 1 aromatic rings. The number of aryl methyl sites for hydroxylation is 3. The summed E-state index contributed by atoms with van der Waals surface area (Å²) >= 11 is 0. The molecule has 2 heteroatoms. The highest BCUT2D eigenvalue weighted by Crippen LogP contribution is 2.18. The van der Waals surface area contributed by atoms with E-state index in [0.717, 1.165) is 12.5 Å². The molecular weight excluding hydrogens is 232 g/mol. The van der Waals surface area contributed by atoms with Crippen molar-refractivity contribution < 1.29 is 0 Å². The molecule has 1 aliphatic heterocycles. The maximum absolute atomic E-state index is 3.67. The number of benzene rings is 1. The Hall–Kier alpha value is -0.860. The smallest absolute Gasteiger partial charge is 0.0210 e. The zero-order chi connectivity index (χ0) is 13.8. The normalized spacial score (nSPS) is 17.9. The van der Waals surface area contributed by atoms with Gasteiger partial charge in [-0.15, -0.1) is 0 Å². The van der Waals surface area contributed by atoms with E-state index in [-0.39, 0.29) is 0 Å². The molecule has 1 saturated heterocycles. The van der Waals surface area contributed by atoms with Gasteiger partial charge in [0.05, 0.1) is 0 Å². The highest BCUT2D eigenvalue weighted by molar-refractivity contribution is 5.37. The van der Waals surface area contributed by atoms with Crippen LogP contribution in [0.15, 0.2) is 12.1 Å². The van der Waals surface area contributed by atoms with Crippen molar-refractivity contribution >= 4 is 0 Å². The standard InChI is InChI=1S/C17H28N2/c1-13-9-14(2)17(15(3)10-13)12-18-11-16-5-7-19(4)8-6-16/h9-10,16,18H,5-8,11-12H2,1-4H3. The Morgan fingerprint density at radius 3 is 2.26 bits per heavy atom. The molecule has 0 saturated carbocycles. The van der Waals surface area contributed by atoms with E-state index in [4.69, 9.17) is 0 Å². The molecular formula is C17H28N2. The molecule has 2 nitrogen and oxygen atoms in total. The van der Waals surface area contributed by atoms with Crippen molar-refractivity contribution in [3.8, 4) is 0 Å². The zero-order valence-electron chi connectivity index (χ0n) is 12.9. The minimum atomic E-state index is 0.863. The first-order valence-electron chi connectivity index (χ1n) is 7.52. The lowest BCUT2D eigenvalue weighted by Crippen LogP contribution is -2.34. The molecule has 0 radical (unpaired) electrons. The largest absolute Gasteiger partial charge is 0.312 e. The number of rotatable bonds is 4. The van der Waals surface area contributed by atoms with Crippen LogP contribution in [-0.4, -0.2) is 31.6 Å². The van der Waals surface area contributed by atoms with Crippen LogP contribution in [0.4, 0.5) is 0 Å². The van der Waals surface area contributed by atoms with Gasteiger partial charge in [0.25, 0.3) is 0 Å². The van der Waals surface area contributed by atoms with Gasteiger partial charge in [0, 0.05) is 6.54 Å². The van der Waals surface area contributed by atoms with Crippen molar-refractivity contribution in [2.75, 3.05) is 26.7 Å². The third-order valence-corrected chi connectivity index (χ3v) is 4.41. The lowest BCUT2D eigenvalue weighted by Gasteiger charge is -2.29. The van der Waals surface area contributed by atoms with E-state index >= 15 is 0 Å². The number of hydrogen-bond acceptors (Lipinski definition) is 2. The molecule has 106 valence electrons. The van der Waals surface area contributed by atoms with Crippen LogP contribution in [0.2, 0.25) is 0 Å². The van der Waals surface area contributed by atoms with E-state index in [1.165, 1.54) is 54.7 Å².